The van der Waals surface area contributed by atoms with Crippen molar-refractivity contribution in [3.8, 4) is 0 Å². The summed E-state index contributed by atoms with van der Waals surface area (Å²) in [6, 6.07) is 5.26. The highest BCUT2D eigenvalue weighted by Gasteiger charge is 2.25. The topological polar surface area (TPSA) is 69.6 Å². The van der Waals surface area contributed by atoms with Crippen LogP contribution in [0.4, 0.5) is 0 Å². The fourth-order valence-corrected chi connectivity index (χ4v) is 3.00. The smallest absolute Gasteiger partial charge is 0.289 e. The first-order valence-corrected chi connectivity index (χ1v) is 7.84. The number of amides is 2. The van der Waals surface area contributed by atoms with Gasteiger partial charge in [0.2, 0.25) is 0 Å². The highest BCUT2D eigenvalue weighted by molar-refractivity contribution is 5.96. The fourth-order valence-electron chi connectivity index (χ4n) is 3.00. The third-order valence-corrected chi connectivity index (χ3v) is 4.18. The van der Waals surface area contributed by atoms with Gasteiger partial charge in [-0.25, -0.2) is 0 Å². The quantitative estimate of drug-likeness (QED) is 0.924. The zero-order chi connectivity index (χ0) is 16.4. The summed E-state index contributed by atoms with van der Waals surface area (Å²) in [4.78, 5) is 31.8. The van der Waals surface area contributed by atoms with Gasteiger partial charge >= 0.3 is 0 Å². The van der Waals surface area contributed by atoms with Crippen molar-refractivity contribution in [1.29, 1.82) is 0 Å². The molecule has 1 aliphatic rings. The molecular weight excluding hydrogens is 294 g/mol. The Bertz CT molecular complexity index is 703. The lowest BCUT2D eigenvalue weighted by Gasteiger charge is -2.21. The Morgan fingerprint density at radius 3 is 2.35 bits per heavy atom. The van der Waals surface area contributed by atoms with Crippen molar-refractivity contribution in [1.82, 2.24) is 14.8 Å². The lowest BCUT2D eigenvalue weighted by Crippen LogP contribution is -2.37. The summed E-state index contributed by atoms with van der Waals surface area (Å²) < 4.78 is 5.18. The van der Waals surface area contributed by atoms with Crippen molar-refractivity contribution >= 4 is 11.8 Å². The third-order valence-electron chi connectivity index (χ3n) is 4.18. The van der Waals surface area contributed by atoms with Crippen LogP contribution in [-0.2, 0) is 0 Å². The maximum Gasteiger partial charge on any atom is 0.289 e. The maximum absolute atomic E-state index is 12.7. The van der Waals surface area contributed by atoms with Crippen molar-refractivity contribution in [2.24, 2.45) is 0 Å². The van der Waals surface area contributed by atoms with Crippen molar-refractivity contribution in [2.75, 3.05) is 26.2 Å². The van der Waals surface area contributed by atoms with Crippen LogP contribution < -0.4 is 0 Å². The molecule has 0 radical (unpaired) electrons. The van der Waals surface area contributed by atoms with E-state index in [1.807, 2.05) is 24.8 Å². The third kappa shape index (κ3) is 3.16. The van der Waals surface area contributed by atoms with Gasteiger partial charge in [-0.2, -0.15) is 0 Å². The molecule has 0 spiro atoms. The van der Waals surface area contributed by atoms with Gasteiger partial charge in [-0.3, -0.25) is 9.59 Å². The molecule has 0 aromatic carbocycles. The van der Waals surface area contributed by atoms with Gasteiger partial charge in [-0.05, 0) is 38.5 Å². The molecule has 6 heteroatoms. The average Bonchev–Trinajstić information content (AvgIpc) is 3.09. The molecule has 0 unspecified atom stereocenters. The van der Waals surface area contributed by atoms with Crippen LogP contribution in [0.25, 0.3) is 0 Å². The van der Waals surface area contributed by atoms with Crippen molar-refractivity contribution in [3.63, 3.8) is 0 Å². The molecule has 1 aliphatic heterocycles. The first kappa shape index (κ1) is 15.4. The van der Waals surface area contributed by atoms with E-state index in [4.69, 9.17) is 4.42 Å². The minimum absolute atomic E-state index is 0.0270. The van der Waals surface area contributed by atoms with E-state index in [1.54, 1.807) is 17.0 Å². The molecule has 2 aromatic rings. The van der Waals surface area contributed by atoms with Gasteiger partial charge in [0.05, 0.1) is 11.8 Å². The number of nitrogens with one attached hydrogen (secondary N) is 1. The number of carbonyl (C=O) groups excluding carboxylic acids is 2. The predicted octanol–water partition coefficient (Wildman–Crippen LogP) is 2.21. The van der Waals surface area contributed by atoms with E-state index in [9.17, 15) is 9.59 Å². The van der Waals surface area contributed by atoms with Gasteiger partial charge in [0, 0.05) is 37.6 Å². The zero-order valence-electron chi connectivity index (χ0n) is 13.5. The van der Waals surface area contributed by atoms with Crippen LogP contribution in [0.5, 0.6) is 0 Å². The van der Waals surface area contributed by atoms with Gasteiger partial charge in [0.1, 0.15) is 0 Å². The van der Waals surface area contributed by atoms with E-state index >= 15 is 0 Å². The molecule has 2 amide bonds. The average molecular weight is 315 g/mol. The second-order valence-corrected chi connectivity index (χ2v) is 5.91. The van der Waals surface area contributed by atoms with Crippen LogP contribution in [0.3, 0.4) is 0 Å². The van der Waals surface area contributed by atoms with Crippen LogP contribution in [0.1, 0.15) is 38.7 Å². The fraction of sp³-hybridized carbons (Fsp3) is 0.412. The summed E-state index contributed by atoms with van der Waals surface area (Å²) in [5, 5.41) is 0. The molecule has 0 atom stereocenters. The number of hydrogen-bond acceptors (Lipinski definition) is 3. The van der Waals surface area contributed by atoms with Crippen molar-refractivity contribution in [3.05, 3.63) is 47.2 Å². The van der Waals surface area contributed by atoms with Crippen LogP contribution >= 0.6 is 0 Å². The molecule has 0 saturated carbocycles. The van der Waals surface area contributed by atoms with Gasteiger partial charge in [0.25, 0.3) is 11.8 Å². The second-order valence-electron chi connectivity index (χ2n) is 5.91. The van der Waals surface area contributed by atoms with E-state index in [-0.39, 0.29) is 11.8 Å². The number of aryl methyl sites for hydroxylation is 2. The molecular formula is C17H21N3O3. The molecule has 23 heavy (non-hydrogen) atoms. The van der Waals surface area contributed by atoms with Crippen molar-refractivity contribution < 1.29 is 14.0 Å². The monoisotopic (exact) mass is 315 g/mol. The number of hydrogen-bond donors (Lipinski definition) is 1. The highest BCUT2D eigenvalue weighted by Crippen LogP contribution is 2.15. The number of aromatic amines is 1. The Labute approximate surface area is 135 Å². The molecule has 0 bridgehead atoms. The Balaban J connectivity index is 1.68. The van der Waals surface area contributed by atoms with E-state index in [0.717, 1.165) is 17.8 Å². The van der Waals surface area contributed by atoms with E-state index < -0.39 is 0 Å². The van der Waals surface area contributed by atoms with Crippen molar-refractivity contribution in [2.45, 2.75) is 20.3 Å². The molecule has 2 aromatic heterocycles. The zero-order valence-corrected chi connectivity index (χ0v) is 13.5. The number of H-pyrrole nitrogens is 1. The summed E-state index contributed by atoms with van der Waals surface area (Å²) in [7, 11) is 0. The standard InChI is InChI=1S/C17H21N3O3/c1-12-11-14(13(2)18-12)16(21)19-6-4-7-20(9-8-19)17(22)15-5-3-10-23-15/h3,5,10-11,18H,4,6-9H2,1-2H3. The van der Waals surface area contributed by atoms with Gasteiger partial charge < -0.3 is 19.2 Å². The molecule has 1 fully saturated rings. The lowest BCUT2D eigenvalue weighted by atomic mass is 10.2. The SMILES string of the molecule is Cc1cc(C(=O)N2CCCN(C(=O)c3ccco3)CC2)c(C)[nH]1. The Hall–Kier alpha value is -2.50. The van der Waals surface area contributed by atoms with Crippen LogP contribution in [-0.4, -0.2) is 52.8 Å². The number of nitrogens with zero attached hydrogens (tertiary/aromatic N) is 2. The van der Waals surface area contributed by atoms with E-state index in [0.29, 0.717) is 37.5 Å². The summed E-state index contributed by atoms with van der Waals surface area (Å²) in [6.45, 7) is 6.20. The van der Waals surface area contributed by atoms with Gasteiger partial charge in [-0.15, -0.1) is 0 Å². The normalized spacial score (nSPS) is 15.6. The van der Waals surface area contributed by atoms with Gasteiger partial charge in [0.15, 0.2) is 5.76 Å². The van der Waals surface area contributed by atoms with Crippen LogP contribution in [0.2, 0.25) is 0 Å². The molecule has 122 valence electrons. The molecule has 0 aliphatic carbocycles. The van der Waals surface area contributed by atoms with Crippen LogP contribution in [0.15, 0.2) is 28.9 Å². The second kappa shape index (κ2) is 6.32. The minimum Gasteiger partial charge on any atom is -0.459 e. The molecule has 3 heterocycles. The summed E-state index contributed by atoms with van der Waals surface area (Å²) in [5.74, 6) is 0.263. The maximum atomic E-state index is 12.7. The Morgan fingerprint density at radius 2 is 1.78 bits per heavy atom. The van der Waals surface area contributed by atoms with E-state index in [1.165, 1.54) is 6.26 Å². The Morgan fingerprint density at radius 1 is 1.09 bits per heavy atom. The van der Waals surface area contributed by atoms with Crippen LogP contribution in [0, 0.1) is 13.8 Å². The van der Waals surface area contributed by atoms with Gasteiger partial charge in [-0.1, -0.05) is 0 Å². The minimum atomic E-state index is -0.113. The highest BCUT2D eigenvalue weighted by atomic mass is 16.3. The number of rotatable bonds is 2. The number of carbonyl (C=O) groups is 2. The molecule has 6 nitrogen and oxygen atoms in total. The molecule has 1 N–H and O–H groups in total. The first-order valence-electron chi connectivity index (χ1n) is 7.84. The van der Waals surface area contributed by atoms with E-state index in [2.05, 4.69) is 4.98 Å². The summed E-state index contributed by atoms with van der Waals surface area (Å²) in [6.07, 6.45) is 2.26. The first-order chi connectivity index (χ1) is 11.1. The largest absolute Gasteiger partial charge is 0.459 e. The Kier molecular flexibility index (Phi) is 4.23. The number of furan rings is 1. The predicted molar refractivity (Wildman–Crippen MR) is 85.4 cm³/mol. The summed E-state index contributed by atoms with van der Waals surface area (Å²) >= 11 is 0. The number of aromatic nitrogens is 1. The molecule has 3 rings (SSSR count). The molecule has 1 saturated heterocycles. The lowest BCUT2D eigenvalue weighted by molar-refractivity contribution is 0.0700. The summed E-state index contributed by atoms with van der Waals surface area (Å²) in [5.41, 5.74) is 2.59.